The van der Waals surface area contributed by atoms with Crippen LogP contribution in [-0.2, 0) is 19.1 Å². The SMILES string of the molecule is COc1cc2c(cc1OC)CN(C(=O)Nc1ccc(Cl)cc1C(F)(F)F)CC2. The van der Waals surface area contributed by atoms with Crippen molar-refractivity contribution in [3.63, 3.8) is 0 Å². The zero-order chi connectivity index (χ0) is 20.5. The molecule has 0 fully saturated rings. The third-order valence-corrected chi connectivity index (χ3v) is 4.77. The molecule has 0 aliphatic carbocycles. The van der Waals surface area contributed by atoms with E-state index in [4.69, 9.17) is 21.1 Å². The van der Waals surface area contributed by atoms with Gasteiger partial charge in [0.25, 0.3) is 0 Å². The van der Waals surface area contributed by atoms with E-state index >= 15 is 0 Å². The zero-order valence-corrected chi connectivity index (χ0v) is 15.9. The lowest BCUT2D eigenvalue weighted by Gasteiger charge is -2.30. The first-order valence-electron chi connectivity index (χ1n) is 8.39. The number of nitrogens with zero attached hydrogens (tertiary/aromatic N) is 1. The van der Waals surface area contributed by atoms with Crippen molar-refractivity contribution in [1.82, 2.24) is 4.90 Å². The first-order valence-corrected chi connectivity index (χ1v) is 8.77. The second-order valence-electron chi connectivity index (χ2n) is 6.27. The molecule has 1 heterocycles. The number of nitrogens with one attached hydrogen (secondary N) is 1. The number of amides is 2. The number of hydrogen-bond donors (Lipinski definition) is 1. The minimum Gasteiger partial charge on any atom is -0.493 e. The van der Waals surface area contributed by atoms with Crippen LogP contribution in [0.4, 0.5) is 23.7 Å². The van der Waals surface area contributed by atoms with Crippen LogP contribution in [0.1, 0.15) is 16.7 Å². The lowest BCUT2D eigenvalue weighted by atomic mass is 9.99. The van der Waals surface area contributed by atoms with E-state index in [-0.39, 0.29) is 17.3 Å². The molecule has 0 atom stereocenters. The summed E-state index contributed by atoms with van der Waals surface area (Å²) in [4.78, 5) is 14.0. The number of methoxy groups -OCH3 is 2. The molecular weight excluding hydrogens is 397 g/mol. The van der Waals surface area contributed by atoms with Crippen molar-refractivity contribution in [2.75, 3.05) is 26.1 Å². The number of alkyl halides is 3. The summed E-state index contributed by atoms with van der Waals surface area (Å²) in [7, 11) is 3.05. The molecule has 0 saturated heterocycles. The fourth-order valence-corrected chi connectivity index (χ4v) is 3.28. The molecule has 28 heavy (non-hydrogen) atoms. The van der Waals surface area contributed by atoms with Crippen molar-refractivity contribution >= 4 is 23.3 Å². The van der Waals surface area contributed by atoms with Crippen LogP contribution < -0.4 is 14.8 Å². The van der Waals surface area contributed by atoms with E-state index in [9.17, 15) is 18.0 Å². The van der Waals surface area contributed by atoms with Gasteiger partial charge in [-0.3, -0.25) is 0 Å². The minimum absolute atomic E-state index is 0.0572. The number of carbonyl (C=O) groups is 1. The number of urea groups is 1. The van der Waals surface area contributed by atoms with Crippen molar-refractivity contribution in [2.24, 2.45) is 0 Å². The second-order valence-corrected chi connectivity index (χ2v) is 6.70. The lowest BCUT2D eigenvalue weighted by molar-refractivity contribution is -0.136. The average Bonchev–Trinajstić information content (AvgIpc) is 2.66. The van der Waals surface area contributed by atoms with Crippen molar-refractivity contribution in [3.05, 3.63) is 52.0 Å². The highest BCUT2D eigenvalue weighted by Gasteiger charge is 2.35. The van der Waals surface area contributed by atoms with Gasteiger partial charge in [-0.25, -0.2) is 4.79 Å². The Balaban J connectivity index is 1.81. The molecule has 3 rings (SSSR count). The monoisotopic (exact) mass is 414 g/mol. The molecule has 0 radical (unpaired) electrons. The predicted molar refractivity (Wildman–Crippen MR) is 99.1 cm³/mol. The summed E-state index contributed by atoms with van der Waals surface area (Å²) in [5, 5.41) is 2.29. The summed E-state index contributed by atoms with van der Waals surface area (Å²) < 4.78 is 50.2. The molecule has 1 aliphatic rings. The largest absolute Gasteiger partial charge is 0.493 e. The molecule has 5 nitrogen and oxygen atoms in total. The Morgan fingerprint density at radius 2 is 1.75 bits per heavy atom. The van der Waals surface area contributed by atoms with Crippen LogP contribution in [0.3, 0.4) is 0 Å². The van der Waals surface area contributed by atoms with Gasteiger partial charge in [-0.15, -0.1) is 0 Å². The first-order chi connectivity index (χ1) is 13.2. The maximum atomic E-state index is 13.2. The Kier molecular flexibility index (Phi) is 5.60. The molecule has 1 N–H and O–H groups in total. The molecule has 0 aromatic heterocycles. The molecular formula is C19H18ClF3N2O3. The van der Waals surface area contributed by atoms with Gasteiger partial charge in [0.1, 0.15) is 0 Å². The molecule has 0 spiro atoms. The summed E-state index contributed by atoms with van der Waals surface area (Å²) in [6.07, 6.45) is -4.08. The van der Waals surface area contributed by atoms with Gasteiger partial charge in [-0.2, -0.15) is 13.2 Å². The van der Waals surface area contributed by atoms with Crippen molar-refractivity contribution in [2.45, 2.75) is 19.1 Å². The molecule has 150 valence electrons. The number of ether oxygens (including phenoxy) is 2. The summed E-state index contributed by atoms with van der Waals surface area (Å²) >= 11 is 5.67. The average molecular weight is 415 g/mol. The van der Waals surface area contributed by atoms with Crippen LogP contribution in [0.25, 0.3) is 0 Å². The van der Waals surface area contributed by atoms with Gasteiger partial charge in [0.2, 0.25) is 0 Å². The van der Waals surface area contributed by atoms with Crippen LogP contribution in [0, 0.1) is 0 Å². The number of benzene rings is 2. The quantitative estimate of drug-likeness (QED) is 0.771. The van der Waals surface area contributed by atoms with E-state index in [0.29, 0.717) is 24.5 Å². The van der Waals surface area contributed by atoms with E-state index in [1.807, 2.05) is 6.07 Å². The Morgan fingerprint density at radius 1 is 1.11 bits per heavy atom. The number of fused-ring (bicyclic) bond motifs is 1. The highest BCUT2D eigenvalue weighted by Crippen LogP contribution is 2.37. The maximum Gasteiger partial charge on any atom is 0.418 e. The molecule has 0 saturated carbocycles. The summed E-state index contributed by atoms with van der Waals surface area (Å²) in [5.41, 5.74) is 0.535. The fourth-order valence-electron chi connectivity index (χ4n) is 3.11. The Bertz CT molecular complexity index is 903. The third kappa shape index (κ3) is 4.11. The molecule has 1 aliphatic heterocycles. The van der Waals surface area contributed by atoms with Crippen molar-refractivity contribution in [3.8, 4) is 11.5 Å². The van der Waals surface area contributed by atoms with E-state index in [0.717, 1.165) is 23.3 Å². The first kappa shape index (κ1) is 20.1. The van der Waals surface area contributed by atoms with Crippen molar-refractivity contribution in [1.29, 1.82) is 0 Å². The topological polar surface area (TPSA) is 50.8 Å². The van der Waals surface area contributed by atoms with Gasteiger partial charge >= 0.3 is 12.2 Å². The molecule has 2 aromatic rings. The molecule has 0 unspecified atom stereocenters. The predicted octanol–water partition coefficient (Wildman–Crippen LogP) is 4.97. The zero-order valence-electron chi connectivity index (χ0n) is 15.2. The smallest absolute Gasteiger partial charge is 0.418 e. The van der Waals surface area contributed by atoms with E-state index in [1.54, 1.807) is 6.07 Å². The highest BCUT2D eigenvalue weighted by atomic mass is 35.5. The molecule has 2 aromatic carbocycles. The van der Waals surface area contributed by atoms with Gasteiger partial charge in [-0.1, -0.05) is 11.6 Å². The lowest BCUT2D eigenvalue weighted by Crippen LogP contribution is -2.39. The summed E-state index contributed by atoms with van der Waals surface area (Å²) in [6.45, 7) is 0.611. The fraction of sp³-hybridized carbons (Fsp3) is 0.316. The normalized spacial score (nSPS) is 13.7. The Labute approximate surface area is 165 Å². The van der Waals surface area contributed by atoms with Crippen LogP contribution in [-0.4, -0.2) is 31.7 Å². The third-order valence-electron chi connectivity index (χ3n) is 4.53. The number of carbonyl (C=O) groups excluding carboxylic acids is 1. The molecule has 9 heteroatoms. The Morgan fingerprint density at radius 3 is 2.36 bits per heavy atom. The van der Waals surface area contributed by atoms with Gasteiger partial charge in [0, 0.05) is 18.1 Å². The summed E-state index contributed by atoms with van der Waals surface area (Å²) in [6, 6.07) is 6.25. The molecule has 0 bridgehead atoms. The highest BCUT2D eigenvalue weighted by molar-refractivity contribution is 6.30. The Hall–Kier alpha value is -2.61. The van der Waals surface area contributed by atoms with Gasteiger partial charge in [0.15, 0.2) is 11.5 Å². The van der Waals surface area contributed by atoms with E-state index in [2.05, 4.69) is 5.32 Å². The molecule has 2 amide bonds. The van der Waals surface area contributed by atoms with Crippen LogP contribution in [0.5, 0.6) is 11.5 Å². The number of halogens is 4. The van der Waals surface area contributed by atoms with Gasteiger partial charge in [0.05, 0.1) is 25.5 Å². The minimum atomic E-state index is -4.63. The standard InChI is InChI=1S/C19H18ClF3N2O3/c1-27-16-7-11-5-6-25(10-12(11)8-17(16)28-2)18(26)24-15-4-3-13(20)9-14(15)19(21,22)23/h3-4,7-9H,5-6,10H2,1-2H3,(H,24,26). The second kappa shape index (κ2) is 7.79. The number of anilines is 1. The van der Waals surface area contributed by atoms with Crippen molar-refractivity contribution < 1.29 is 27.4 Å². The van der Waals surface area contributed by atoms with Crippen LogP contribution in [0.2, 0.25) is 5.02 Å². The van der Waals surface area contributed by atoms with E-state index < -0.39 is 17.8 Å². The van der Waals surface area contributed by atoms with Gasteiger partial charge in [-0.05, 0) is 47.9 Å². The summed E-state index contributed by atoms with van der Waals surface area (Å²) in [5.74, 6) is 1.12. The van der Waals surface area contributed by atoms with Crippen LogP contribution in [0.15, 0.2) is 30.3 Å². The van der Waals surface area contributed by atoms with E-state index in [1.165, 1.54) is 25.2 Å². The number of hydrogen-bond acceptors (Lipinski definition) is 3. The van der Waals surface area contributed by atoms with Gasteiger partial charge < -0.3 is 19.7 Å². The number of rotatable bonds is 3. The maximum absolute atomic E-state index is 13.2. The van der Waals surface area contributed by atoms with Crippen LogP contribution >= 0.6 is 11.6 Å².